The van der Waals surface area contributed by atoms with Gasteiger partial charge in [-0.3, -0.25) is 0 Å². The second-order valence-electron chi connectivity index (χ2n) is 2.77. The van der Waals surface area contributed by atoms with E-state index in [2.05, 4.69) is 36.5 Å². The fourth-order valence-corrected chi connectivity index (χ4v) is 4.26. The van der Waals surface area contributed by atoms with E-state index in [4.69, 9.17) is 0 Å². The average Bonchev–Trinajstić information content (AvgIpc) is 2.60. The Kier molecular flexibility index (Phi) is 4.46. The minimum atomic E-state index is -0.312. The summed E-state index contributed by atoms with van der Waals surface area (Å²) in [6.07, 6.45) is 16.0. The van der Waals surface area contributed by atoms with E-state index in [9.17, 15) is 0 Å². The van der Waals surface area contributed by atoms with Crippen LogP contribution >= 0.6 is 17.0 Å². The van der Waals surface area contributed by atoms with Crippen LogP contribution in [0.3, 0.4) is 0 Å². The zero-order valence-corrected chi connectivity index (χ0v) is 11.0. The van der Waals surface area contributed by atoms with E-state index in [1.54, 1.807) is 6.56 Å². The van der Waals surface area contributed by atoms with E-state index in [-0.39, 0.29) is 41.6 Å². The van der Waals surface area contributed by atoms with Gasteiger partial charge in [-0.2, -0.15) is 0 Å². The van der Waals surface area contributed by atoms with Crippen molar-refractivity contribution in [2.75, 3.05) is 0 Å². The van der Waals surface area contributed by atoms with E-state index >= 15 is 0 Å². The standard InChI is InChI=1S/2C5H5.BrH.Zr.H/c2*1-2-4-5-3-1;;;/h2*1-3H,4H2;1H;;/q;;;;-1. The molecule has 0 nitrogen and oxygen atoms in total. The predicted molar refractivity (Wildman–Crippen MR) is 55.1 cm³/mol. The Hall–Kier alpha value is 0.323. The first-order valence-corrected chi connectivity index (χ1v) is 6.39. The average molecular weight is 303 g/mol. The van der Waals surface area contributed by atoms with Gasteiger partial charge in [0.1, 0.15) is 0 Å². The molecule has 64 valence electrons. The van der Waals surface area contributed by atoms with Crippen LogP contribution in [0.4, 0.5) is 0 Å². The summed E-state index contributed by atoms with van der Waals surface area (Å²) in [4.78, 5) is 0. The van der Waals surface area contributed by atoms with Crippen molar-refractivity contribution >= 4 is 17.0 Å². The molecule has 2 rings (SSSR count). The number of hydrogen-bond acceptors (Lipinski definition) is 0. The van der Waals surface area contributed by atoms with Crippen molar-refractivity contribution in [3.8, 4) is 0 Å². The van der Waals surface area contributed by atoms with Crippen LogP contribution in [0.15, 0.2) is 43.0 Å². The maximum atomic E-state index is 2.31. The molecule has 0 aromatic rings. The van der Waals surface area contributed by atoms with Gasteiger partial charge in [0, 0.05) is 0 Å². The minimum absolute atomic E-state index is 0. The molecule has 0 saturated heterocycles. The fourth-order valence-electron chi connectivity index (χ4n) is 1.29. The van der Waals surface area contributed by atoms with Gasteiger partial charge in [0.15, 0.2) is 0 Å². The molecule has 0 amide bonds. The molecule has 0 heterocycles. The molecule has 12 heavy (non-hydrogen) atoms. The van der Waals surface area contributed by atoms with Crippen LogP contribution in [0.5, 0.6) is 0 Å². The van der Waals surface area contributed by atoms with Crippen molar-refractivity contribution in [3.05, 3.63) is 43.0 Å². The summed E-state index contributed by atoms with van der Waals surface area (Å²) in [5.74, 6) is 0. The molecule has 0 fully saturated rings. The molecule has 0 atom stereocenters. The smallest absolute Gasteiger partial charge is 1.00 e. The van der Waals surface area contributed by atoms with E-state index in [1.165, 1.54) is 12.8 Å². The van der Waals surface area contributed by atoms with Crippen molar-refractivity contribution in [1.82, 2.24) is 0 Å². The van der Waals surface area contributed by atoms with Crippen LogP contribution in [0.2, 0.25) is 0 Å². The second kappa shape index (κ2) is 5.14. The topological polar surface area (TPSA) is 0 Å². The Balaban J connectivity index is 0.000000720. The van der Waals surface area contributed by atoms with Gasteiger partial charge < -0.3 is 1.43 Å². The van der Waals surface area contributed by atoms with Crippen molar-refractivity contribution < 1.29 is 24.7 Å². The zero-order chi connectivity index (χ0) is 7.52. The monoisotopic (exact) mass is 301 g/mol. The molecular weight excluding hydrogens is 291 g/mol. The van der Waals surface area contributed by atoms with Crippen molar-refractivity contribution in [2.24, 2.45) is 0 Å². The van der Waals surface area contributed by atoms with E-state index in [0.717, 1.165) is 0 Å². The van der Waals surface area contributed by atoms with Crippen LogP contribution in [0, 0.1) is 0 Å². The number of allylic oxidation sites excluding steroid dienone is 8. The molecule has 0 aliphatic heterocycles. The first-order valence-electron chi connectivity index (χ1n) is 3.93. The van der Waals surface area contributed by atoms with Crippen LogP contribution in [0.25, 0.3) is 0 Å². The van der Waals surface area contributed by atoms with Crippen LogP contribution < -0.4 is 0 Å². The third-order valence-electron chi connectivity index (χ3n) is 1.86. The number of hydrogen-bond donors (Lipinski definition) is 0. The third-order valence-corrected chi connectivity index (χ3v) is 5.27. The molecule has 0 N–H and O–H groups in total. The summed E-state index contributed by atoms with van der Waals surface area (Å²) in [6.45, 7) is 0. The Morgan fingerprint density at radius 3 is 1.83 bits per heavy atom. The van der Waals surface area contributed by atoms with Gasteiger partial charge >= 0.3 is 79.1 Å². The maximum Gasteiger partial charge on any atom is -1.00 e. The summed E-state index contributed by atoms with van der Waals surface area (Å²) >= 11 is -0.312. The van der Waals surface area contributed by atoms with Gasteiger partial charge in [0.2, 0.25) is 0 Å². The Morgan fingerprint density at radius 1 is 1.00 bits per heavy atom. The van der Waals surface area contributed by atoms with Gasteiger partial charge in [-0.15, -0.1) is 17.0 Å². The largest absolute Gasteiger partial charge is 1.00 e. The van der Waals surface area contributed by atoms with E-state index in [0.29, 0.717) is 0 Å². The first kappa shape index (κ1) is 10.4. The summed E-state index contributed by atoms with van der Waals surface area (Å²) in [6, 6.07) is 0. The number of halogens is 1. The molecule has 2 heteroatoms. The van der Waals surface area contributed by atoms with Crippen LogP contribution in [-0.4, -0.2) is 0 Å². The Bertz CT molecular complexity index is 249. The summed E-state index contributed by atoms with van der Waals surface area (Å²) in [7, 11) is 0. The summed E-state index contributed by atoms with van der Waals surface area (Å²) < 4.78 is 3.45. The van der Waals surface area contributed by atoms with Crippen molar-refractivity contribution in [1.29, 1.82) is 0 Å². The van der Waals surface area contributed by atoms with Gasteiger partial charge in [-0.05, 0) is 0 Å². The second-order valence-corrected chi connectivity index (χ2v) is 6.55. The molecule has 0 aromatic carbocycles. The molecular formula is C10H12BrZr-. The van der Waals surface area contributed by atoms with Crippen LogP contribution in [0.1, 0.15) is 14.3 Å². The maximum absolute atomic E-state index is 2.31. The molecule has 0 bridgehead atoms. The van der Waals surface area contributed by atoms with Crippen molar-refractivity contribution in [3.63, 3.8) is 0 Å². The fraction of sp³-hybridized carbons (Fsp3) is 0.200. The number of rotatable bonds is 2. The molecule has 0 aromatic heterocycles. The summed E-state index contributed by atoms with van der Waals surface area (Å²) in [5, 5.41) is 0. The molecule has 0 saturated carbocycles. The molecule has 0 unspecified atom stereocenters. The van der Waals surface area contributed by atoms with Gasteiger partial charge in [-0.1, -0.05) is 0 Å². The molecule has 0 radical (unpaired) electrons. The SMILES string of the molecule is Br.C1=CC[C]([Zr][C]2=CC=CC2)=C1.[H-]. The molecule has 2 aliphatic rings. The zero-order valence-electron chi connectivity index (χ0n) is 7.79. The normalized spacial score (nSPS) is 18.7. The van der Waals surface area contributed by atoms with E-state index in [1.807, 2.05) is 0 Å². The third kappa shape index (κ3) is 2.67. The van der Waals surface area contributed by atoms with Gasteiger partial charge in [0.05, 0.1) is 0 Å². The predicted octanol–water partition coefficient (Wildman–Crippen LogP) is 3.45. The Labute approximate surface area is 96.9 Å². The minimum Gasteiger partial charge on any atom is -1.00 e. The quantitative estimate of drug-likeness (QED) is 0.733. The van der Waals surface area contributed by atoms with E-state index < -0.39 is 0 Å². The van der Waals surface area contributed by atoms with Gasteiger partial charge in [-0.25, -0.2) is 0 Å². The Morgan fingerprint density at radius 2 is 1.50 bits per heavy atom. The summed E-state index contributed by atoms with van der Waals surface area (Å²) in [5.41, 5.74) is 0. The van der Waals surface area contributed by atoms with Crippen LogP contribution in [-0.2, 0) is 23.2 Å². The first-order chi connectivity index (χ1) is 5.45. The van der Waals surface area contributed by atoms with Gasteiger partial charge in [0.25, 0.3) is 0 Å². The molecule has 2 aliphatic carbocycles. The molecule has 0 spiro atoms. The van der Waals surface area contributed by atoms with Crippen molar-refractivity contribution in [2.45, 2.75) is 12.8 Å².